The number of hydrogen-bond acceptors (Lipinski definition) is 6. The fraction of sp³-hybridized carbons (Fsp3) is 0.676. The lowest BCUT2D eigenvalue weighted by molar-refractivity contribution is -0.140. The highest BCUT2D eigenvalue weighted by molar-refractivity contribution is 6.74. The van der Waals surface area contributed by atoms with Crippen LogP contribution in [0.15, 0.2) is 54.6 Å². The predicted octanol–water partition coefficient (Wildman–Crippen LogP) is 8.30. The Kier molecular flexibility index (Phi) is 13.3. The maximum absolute atomic E-state index is 11.5. The van der Waals surface area contributed by atoms with Crippen molar-refractivity contribution in [2.75, 3.05) is 13.7 Å². The summed E-state index contributed by atoms with van der Waals surface area (Å²) in [6, 6.07) is 9.86. The molecule has 1 aliphatic carbocycles. The molecule has 0 bridgehead atoms. The van der Waals surface area contributed by atoms with E-state index in [0.717, 1.165) is 5.75 Å². The van der Waals surface area contributed by atoms with Gasteiger partial charge in [-0.1, -0.05) is 84.0 Å². The smallest absolute Gasteiger partial charge is 0.305 e. The molecular formula is C34H58O6Si2. The predicted molar refractivity (Wildman–Crippen MR) is 178 cm³/mol. The summed E-state index contributed by atoms with van der Waals surface area (Å²) in [7, 11) is -2.75. The molecule has 1 saturated carbocycles. The van der Waals surface area contributed by atoms with Crippen LogP contribution in [0.5, 0.6) is 5.75 Å². The number of carbonyl (C=O) groups excluding carboxylic acids is 1. The van der Waals surface area contributed by atoms with Gasteiger partial charge in [-0.15, -0.1) is 0 Å². The molecule has 0 amide bonds. The molecule has 0 aliphatic heterocycles. The number of aliphatic hydroxyl groups is 1. The quantitative estimate of drug-likeness (QED) is 0.128. The van der Waals surface area contributed by atoms with Crippen molar-refractivity contribution in [2.45, 2.75) is 122 Å². The zero-order chi connectivity index (χ0) is 31.8. The van der Waals surface area contributed by atoms with E-state index >= 15 is 0 Å². The third-order valence-corrected chi connectivity index (χ3v) is 18.4. The topological polar surface area (TPSA) is 74.2 Å². The van der Waals surface area contributed by atoms with Crippen LogP contribution in [0.25, 0.3) is 0 Å². The summed E-state index contributed by atoms with van der Waals surface area (Å²) in [6.45, 7) is 23.0. The minimum absolute atomic E-state index is 0.00829. The number of rotatable bonds is 14. The first-order valence-electron chi connectivity index (χ1n) is 15.5. The van der Waals surface area contributed by atoms with E-state index in [2.05, 4.69) is 86.0 Å². The number of aliphatic hydroxyl groups excluding tert-OH is 1. The lowest BCUT2D eigenvalue weighted by Crippen LogP contribution is -2.45. The van der Waals surface area contributed by atoms with E-state index in [9.17, 15) is 9.90 Å². The van der Waals surface area contributed by atoms with Crippen LogP contribution < -0.4 is 4.74 Å². The summed E-state index contributed by atoms with van der Waals surface area (Å²) >= 11 is 0. The summed E-state index contributed by atoms with van der Waals surface area (Å²) in [6.07, 6.45) is 10.0. The van der Waals surface area contributed by atoms with E-state index in [0.29, 0.717) is 32.3 Å². The van der Waals surface area contributed by atoms with E-state index in [1.807, 2.05) is 36.4 Å². The normalized spacial score (nSPS) is 23.0. The van der Waals surface area contributed by atoms with Crippen LogP contribution in [0.3, 0.4) is 0 Å². The van der Waals surface area contributed by atoms with Gasteiger partial charge in [-0.2, -0.15) is 0 Å². The van der Waals surface area contributed by atoms with Gasteiger partial charge >= 0.3 is 5.97 Å². The van der Waals surface area contributed by atoms with Crippen molar-refractivity contribution in [3.63, 3.8) is 0 Å². The Hall–Kier alpha value is -1.72. The van der Waals surface area contributed by atoms with Crippen LogP contribution in [0.4, 0.5) is 0 Å². The molecule has 0 heterocycles. The molecule has 0 aromatic heterocycles. The van der Waals surface area contributed by atoms with Gasteiger partial charge in [0.1, 0.15) is 12.4 Å². The first kappa shape index (κ1) is 36.5. The lowest BCUT2D eigenvalue weighted by Gasteiger charge is -2.40. The Bertz CT molecular complexity index is 1020. The van der Waals surface area contributed by atoms with Gasteiger partial charge in [-0.3, -0.25) is 4.79 Å². The summed E-state index contributed by atoms with van der Waals surface area (Å²) in [5.74, 6) is 0.644. The minimum Gasteiger partial charge on any atom is -0.491 e. The number of esters is 1. The molecule has 2 rings (SSSR count). The average molecular weight is 619 g/mol. The van der Waals surface area contributed by atoms with Gasteiger partial charge in [0.2, 0.25) is 0 Å². The van der Waals surface area contributed by atoms with Crippen molar-refractivity contribution in [3.05, 3.63) is 54.6 Å². The van der Waals surface area contributed by atoms with Crippen molar-refractivity contribution in [2.24, 2.45) is 11.8 Å². The highest BCUT2D eigenvalue weighted by atomic mass is 28.4. The molecule has 42 heavy (non-hydrogen) atoms. The van der Waals surface area contributed by atoms with Gasteiger partial charge in [-0.05, 0) is 73.6 Å². The summed E-state index contributed by atoms with van der Waals surface area (Å²) in [5, 5.41) is 11.4. The molecule has 0 radical (unpaired) electrons. The molecule has 1 aliphatic rings. The maximum Gasteiger partial charge on any atom is 0.305 e. The maximum atomic E-state index is 11.5. The molecule has 8 heteroatoms. The van der Waals surface area contributed by atoms with Crippen molar-refractivity contribution in [3.8, 4) is 5.75 Å². The monoisotopic (exact) mass is 618 g/mol. The van der Waals surface area contributed by atoms with Crippen molar-refractivity contribution >= 4 is 22.6 Å². The van der Waals surface area contributed by atoms with Crippen molar-refractivity contribution in [1.29, 1.82) is 0 Å². The SMILES string of the molecule is COC(=O)CC/C=C\C[C@@H]1[C@@H](/C=C/[C@H](COc2ccccc2)O[Si](C)(C)C(C)(C)C)[C@H](O[Si](C)(C)C(C)(C)C)C[C@@H]1O. The molecule has 1 fully saturated rings. The zero-order valence-corrected chi connectivity index (χ0v) is 30.1. The second-order valence-corrected chi connectivity index (χ2v) is 24.2. The van der Waals surface area contributed by atoms with Crippen LogP contribution in [-0.4, -0.2) is 59.7 Å². The molecule has 0 unspecified atom stereocenters. The highest BCUT2D eigenvalue weighted by Crippen LogP contribution is 2.44. The second kappa shape index (κ2) is 15.3. The number of para-hydroxylation sites is 1. The number of allylic oxidation sites excluding steroid dienone is 2. The largest absolute Gasteiger partial charge is 0.491 e. The van der Waals surface area contributed by atoms with Crippen LogP contribution >= 0.6 is 0 Å². The van der Waals surface area contributed by atoms with Gasteiger partial charge in [0, 0.05) is 12.3 Å². The van der Waals surface area contributed by atoms with Gasteiger partial charge in [0.05, 0.1) is 25.4 Å². The van der Waals surface area contributed by atoms with Crippen molar-refractivity contribution in [1.82, 2.24) is 0 Å². The third-order valence-electron chi connectivity index (χ3n) is 9.42. The van der Waals surface area contributed by atoms with E-state index in [4.69, 9.17) is 18.3 Å². The first-order valence-corrected chi connectivity index (χ1v) is 21.3. The Labute approximate surface area is 258 Å². The lowest BCUT2D eigenvalue weighted by atomic mass is 9.89. The van der Waals surface area contributed by atoms with E-state index in [1.54, 1.807) is 0 Å². The molecule has 6 nitrogen and oxygen atoms in total. The highest BCUT2D eigenvalue weighted by Gasteiger charge is 2.47. The van der Waals surface area contributed by atoms with Crippen LogP contribution in [0, 0.1) is 11.8 Å². The van der Waals surface area contributed by atoms with E-state index < -0.39 is 22.7 Å². The van der Waals surface area contributed by atoms with Gasteiger partial charge in [0.25, 0.3) is 0 Å². The van der Waals surface area contributed by atoms with E-state index in [-0.39, 0.29) is 40.1 Å². The molecule has 1 N–H and O–H groups in total. The first-order chi connectivity index (χ1) is 19.4. The number of benzene rings is 1. The number of methoxy groups -OCH3 is 1. The van der Waals surface area contributed by atoms with E-state index in [1.165, 1.54) is 7.11 Å². The Morgan fingerprint density at radius 2 is 1.62 bits per heavy atom. The Balaban J connectivity index is 2.35. The summed E-state index contributed by atoms with van der Waals surface area (Å²) in [4.78, 5) is 11.5. The number of carbonyl (C=O) groups is 1. The Morgan fingerprint density at radius 3 is 2.19 bits per heavy atom. The average Bonchev–Trinajstić information content (AvgIpc) is 3.17. The minimum atomic E-state index is -2.09. The summed E-state index contributed by atoms with van der Waals surface area (Å²) < 4.78 is 24.7. The Morgan fingerprint density at radius 1 is 1.00 bits per heavy atom. The molecule has 5 atom stereocenters. The standard InChI is InChI=1S/C34H58O6Si2/c1-33(2,3)41(8,9)39-27(25-38-26-18-14-12-15-19-26)22-23-29-28(20-16-13-17-21-32(36)37-7)30(35)24-31(29)40-42(10,11)34(4,5)6/h12-16,18-19,22-23,27-31,35H,17,20-21,24-25H2,1-11H3/b16-13-,23-22+/t27-,28-,29-,30+,31-/m1/s1. The zero-order valence-electron chi connectivity index (χ0n) is 28.1. The molecule has 0 saturated heterocycles. The molecular weight excluding hydrogens is 561 g/mol. The van der Waals surface area contributed by atoms with Gasteiger partial charge in [-0.25, -0.2) is 0 Å². The van der Waals surface area contributed by atoms with Gasteiger partial charge < -0.3 is 23.4 Å². The van der Waals surface area contributed by atoms with Crippen LogP contribution in [0.1, 0.15) is 67.2 Å². The number of hydrogen-bond donors (Lipinski definition) is 1. The fourth-order valence-corrected chi connectivity index (χ4v) is 7.29. The number of ether oxygens (including phenoxy) is 2. The molecule has 1 aromatic carbocycles. The molecule has 238 valence electrons. The van der Waals surface area contributed by atoms with Crippen molar-refractivity contribution < 1.29 is 28.2 Å². The second-order valence-electron chi connectivity index (χ2n) is 14.7. The fourth-order valence-electron chi connectivity index (χ4n) is 4.67. The van der Waals surface area contributed by atoms with Crippen LogP contribution in [-0.2, 0) is 18.4 Å². The molecule has 0 spiro atoms. The summed E-state index contributed by atoms with van der Waals surface area (Å²) in [5.41, 5.74) is 0. The van der Waals surface area contributed by atoms with Crippen LogP contribution in [0.2, 0.25) is 36.3 Å². The third kappa shape index (κ3) is 10.8. The van der Waals surface area contributed by atoms with Gasteiger partial charge in [0.15, 0.2) is 16.6 Å². The molecule has 1 aromatic rings.